The van der Waals surface area contributed by atoms with Crippen LogP contribution in [0.2, 0.25) is 0 Å². The van der Waals surface area contributed by atoms with Crippen molar-refractivity contribution in [3.05, 3.63) is 48.0 Å². The van der Waals surface area contributed by atoms with Crippen molar-refractivity contribution in [3.63, 3.8) is 0 Å². The third kappa shape index (κ3) is 4.91. The summed E-state index contributed by atoms with van der Waals surface area (Å²) in [6.07, 6.45) is 6.15. The van der Waals surface area contributed by atoms with Crippen molar-refractivity contribution in [1.82, 2.24) is 15.6 Å². The van der Waals surface area contributed by atoms with Gasteiger partial charge in [0, 0.05) is 25.2 Å². The topological polar surface area (TPSA) is 56.7 Å². The van der Waals surface area contributed by atoms with Crippen molar-refractivity contribution >= 4 is 11.7 Å². The zero-order chi connectivity index (χ0) is 15.6. The first kappa shape index (κ1) is 16.1. The first-order chi connectivity index (χ1) is 10.8. The highest BCUT2D eigenvalue weighted by atomic mass is 16.2. The van der Waals surface area contributed by atoms with Gasteiger partial charge < -0.3 is 15.6 Å². The van der Waals surface area contributed by atoms with Crippen LogP contribution >= 0.6 is 0 Å². The summed E-state index contributed by atoms with van der Waals surface area (Å²) in [5.41, 5.74) is 4.97. The molecule has 0 spiro atoms. The van der Waals surface area contributed by atoms with Crippen molar-refractivity contribution in [2.24, 2.45) is 5.10 Å². The van der Waals surface area contributed by atoms with E-state index in [1.807, 2.05) is 54.3 Å². The number of hydrazone groups is 1. The SMILES string of the molecule is C/C=C\C(=N/NCCNC(=O)N1CCCC1)c1ccccc1. The molecule has 0 saturated carbocycles. The van der Waals surface area contributed by atoms with Gasteiger partial charge in [0.15, 0.2) is 0 Å². The molecule has 2 amide bonds. The van der Waals surface area contributed by atoms with Crippen LogP contribution in [0.25, 0.3) is 0 Å². The predicted octanol–water partition coefficient (Wildman–Crippen LogP) is 2.36. The number of carbonyl (C=O) groups excluding carboxylic acids is 1. The number of urea groups is 1. The van der Waals surface area contributed by atoms with Gasteiger partial charge in [-0.1, -0.05) is 36.4 Å². The van der Waals surface area contributed by atoms with Crippen molar-refractivity contribution in [2.75, 3.05) is 26.2 Å². The number of likely N-dealkylation sites (tertiary alicyclic amines) is 1. The molecule has 1 aromatic rings. The molecule has 1 aliphatic heterocycles. The van der Waals surface area contributed by atoms with Gasteiger partial charge in [0.2, 0.25) is 0 Å². The second-order valence-corrected chi connectivity index (χ2v) is 5.20. The molecule has 5 nitrogen and oxygen atoms in total. The first-order valence-corrected chi connectivity index (χ1v) is 7.82. The van der Waals surface area contributed by atoms with Gasteiger partial charge in [0.05, 0.1) is 12.3 Å². The van der Waals surface area contributed by atoms with Crippen LogP contribution in [0.4, 0.5) is 4.79 Å². The quantitative estimate of drug-likeness (QED) is 0.481. The van der Waals surface area contributed by atoms with Crippen LogP contribution in [-0.4, -0.2) is 42.8 Å². The number of nitrogens with zero attached hydrogens (tertiary/aromatic N) is 2. The summed E-state index contributed by atoms with van der Waals surface area (Å²) >= 11 is 0. The van der Waals surface area contributed by atoms with Crippen molar-refractivity contribution in [2.45, 2.75) is 19.8 Å². The summed E-state index contributed by atoms with van der Waals surface area (Å²) in [5.74, 6) is 0. The predicted molar refractivity (Wildman–Crippen MR) is 90.0 cm³/mol. The average molecular weight is 300 g/mol. The fourth-order valence-electron chi connectivity index (χ4n) is 2.36. The van der Waals surface area contributed by atoms with E-state index in [1.165, 1.54) is 0 Å². The van der Waals surface area contributed by atoms with Gasteiger partial charge in [-0.2, -0.15) is 5.10 Å². The number of allylic oxidation sites excluding steroid dienone is 2. The number of benzene rings is 1. The zero-order valence-corrected chi connectivity index (χ0v) is 13.1. The van der Waals surface area contributed by atoms with Gasteiger partial charge in [-0.25, -0.2) is 4.79 Å². The molecular formula is C17H24N4O. The Balaban J connectivity index is 1.76. The van der Waals surface area contributed by atoms with Gasteiger partial charge in [-0.05, 0) is 25.8 Å². The van der Waals surface area contributed by atoms with Crippen molar-refractivity contribution in [3.8, 4) is 0 Å². The minimum Gasteiger partial charge on any atom is -0.336 e. The van der Waals surface area contributed by atoms with Gasteiger partial charge in [0.1, 0.15) is 0 Å². The zero-order valence-electron chi connectivity index (χ0n) is 13.1. The standard InChI is InChI=1S/C17H24N4O/c1-2-8-16(15-9-4-3-5-10-15)20-19-12-11-18-17(22)21-13-6-7-14-21/h2-5,8-10,19H,6-7,11-14H2,1H3,(H,18,22)/b8-2-,20-16+. The summed E-state index contributed by atoms with van der Waals surface area (Å²) in [6, 6.07) is 10.0. The van der Waals surface area contributed by atoms with Gasteiger partial charge in [-0.15, -0.1) is 0 Å². The fourth-order valence-corrected chi connectivity index (χ4v) is 2.36. The van der Waals surface area contributed by atoms with Crippen LogP contribution in [0.5, 0.6) is 0 Å². The fraction of sp³-hybridized carbons (Fsp3) is 0.412. The molecule has 5 heteroatoms. The molecule has 0 unspecified atom stereocenters. The monoisotopic (exact) mass is 300 g/mol. The summed E-state index contributed by atoms with van der Waals surface area (Å²) in [4.78, 5) is 13.7. The lowest BCUT2D eigenvalue weighted by Gasteiger charge is -2.15. The molecule has 2 N–H and O–H groups in total. The number of carbonyl (C=O) groups is 1. The third-order valence-electron chi connectivity index (χ3n) is 3.50. The summed E-state index contributed by atoms with van der Waals surface area (Å²) in [6.45, 7) is 4.88. The van der Waals surface area contributed by atoms with Crippen LogP contribution in [0, 0.1) is 0 Å². The molecule has 118 valence electrons. The summed E-state index contributed by atoms with van der Waals surface area (Å²) in [5, 5.41) is 7.30. The van der Waals surface area contributed by atoms with Gasteiger partial charge in [0.25, 0.3) is 0 Å². The molecule has 1 heterocycles. The number of amides is 2. The minimum atomic E-state index is 0.0278. The third-order valence-corrected chi connectivity index (χ3v) is 3.50. The largest absolute Gasteiger partial charge is 0.336 e. The maximum atomic E-state index is 11.8. The minimum absolute atomic E-state index is 0.0278. The average Bonchev–Trinajstić information content (AvgIpc) is 3.09. The van der Waals surface area contributed by atoms with Crippen LogP contribution in [0.15, 0.2) is 47.6 Å². The van der Waals surface area contributed by atoms with Gasteiger partial charge in [-0.3, -0.25) is 0 Å². The molecule has 1 aromatic carbocycles. The summed E-state index contributed by atoms with van der Waals surface area (Å²) < 4.78 is 0. The second-order valence-electron chi connectivity index (χ2n) is 5.20. The normalized spacial score (nSPS) is 15.3. The molecule has 1 saturated heterocycles. The number of hydrogen-bond donors (Lipinski definition) is 2. The van der Waals surface area contributed by atoms with E-state index in [9.17, 15) is 4.79 Å². The van der Waals surface area contributed by atoms with Crippen molar-refractivity contribution in [1.29, 1.82) is 0 Å². The van der Waals surface area contributed by atoms with E-state index in [0.717, 1.165) is 37.2 Å². The Morgan fingerprint density at radius 3 is 2.64 bits per heavy atom. The molecule has 0 atom stereocenters. The van der Waals surface area contributed by atoms with Crippen LogP contribution < -0.4 is 10.7 Å². The van der Waals surface area contributed by atoms with Crippen LogP contribution in [-0.2, 0) is 0 Å². The Morgan fingerprint density at radius 1 is 1.23 bits per heavy atom. The van der Waals surface area contributed by atoms with E-state index in [0.29, 0.717) is 13.1 Å². The van der Waals surface area contributed by atoms with E-state index in [2.05, 4.69) is 15.8 Å². The Labute approximate surface area is 132 Å². The van der Waals surface area contributed by atoms with Crippen LogP contribution in [0.3, 0.4) is 0 Å². The molecule has 0 aliphatic carbocycles. The highest BCUT2D eigenvalue weighted by molar-refractivity contribution is 6.08. The Hall–Kier alpha value is -2.30. The van der Waals surface area contributed by atoms with Crippen molar-refractivity contribution < 1.29 is 4.79 Å². The number of rotatable bonds is 6. The van der Waals surface area contributed by atoms with E-state index in [4.69, 9.17) is 0 Å². The Bertz CT molecular complexity index is 519. The van der Waals surface area contributed by atoms with E-state index in [1.54, 1.807) is 0 Å². The molecule has 22 heavy (non-hydrogen) atoms. The first-order valence-electron chi connectivity index (χ1n) is 7.82. The summed E-state index contributed by atoms with van der Waals surface area (Å²) in [7, 11) is 0. The molecule has 0 aromatic heterocycles. The molecule has 2 rings (SSSR count). The van der Waals surface area contributed by atoms with E-state index in [-0.39, 0.29) is 6.03 Å². The Morgan fingerprint density at radius 2 is 1.95 bits per heavy atom. The molecule has 0 radical (unpaired) electrons. The molecular weight excluding hydrogens is 276 g/mol. The number of nitrogens with one attached hydrogen (secondary N) is 2. The lowest BCUT2D eigenvalue weighted by atomic mass is 10.1. The van der Waals surface area contributed by atoms with Crippen LogP contribution in [0.1, 0.15) is 25.3 Å². The highest BCUT2D eigenvalue weighted by Crippen LogP contribution is 2.06. The smallest absolute Gasteiger partial charge is 0.317 e. The highest BCUT2D eigenvalue weighted by Gasteiger charge is 2.16. The maximum absolute atomic E-state index is 11.8. The molecule has 0 bridgehead atoms. The Kier molecular flexibility index (Phi) is 6.48. The lowest BCUT2D eigenvalue weighted by molar-refractivity contribution is 0.209. The lowest BCUT2D eigenvalue weighted by Crippen LogP contribution is -2.40. The molecule has 1 fully saturated rings. The molecule has 1 aliphatic rings. The maximum Gasteiger partial charge on any atom is 0.317 e. The van der Waals surface area contributed by atoms with E-state index < -0.39 is 0 Å². The van der Waals surface area contributed by atoms with E-state index >= 15 is 0 Å². The van der Waals surface area contributed by atoms with Gasteiger partial charge >= 0.3 is 6.03 Å². The number of hydrogen-bond acceptors (Lipinski definition) is 3. The second kappa shape index (κ2) is 8.87.